The number of H-pyrrole nitrogens is 1. The van der Waals surface area contributed by atoms with Gasteiger partial charge in [0.25, 0.3) is 5.69 Å². The van der Waals surface area contributed by atoms with Gasteiger partial charge in [-0.15, -0.1) is 5.10 Å². The van der Waals surface area contributed by atoms with Crippen LogP contribution in [0, 0.1) is 10.1 Å². The Morgan fingerprint density at radius 1 is 1.19 bits per heavy atom. The molecule has 0 radical (unpaired) electrons. The number of amides is 1. The van der Waals surface area contributed by atoms with Crippen molar-refractivity contribution in [3.63, 3.8) is 0 Å². The second-order valence-corrected chi connectivity index (χ2v) is 6.60. The van der Waals surface area contributed by atoms with E-state index >= 15 is 0 Å². The molecule has 0 aliphatic rings. The van der Waals surface area contributed by atoms with Crippen LogP contribution in [-0.4, -0.2) is 31.8 Å². The van der Waals surface area contributed by atoms with Crippen molar-refractivity contribution in [1.29, 1.82) is 0 Å². The van der Waals surface area contributed by atoms with Crippen molar-refractivity contribution in [2.45, 2.75) is 18.5 Å². The van der Waals surface area contributed by atoms with E-state index in [9.17, 15) is 14.9 Å². The molecule has 27 heavy (non-hydrogen) atoms. The second kappa shape index (κ2) is 8.45. The molecular weight excluding hydrogens is 366 g/mol. The number of hydrogen-bond acceptors (Lipinski definition) is 6. The van der Waals surface area contributed by atoms with Gasteiger partial charge in [-0.1, -0.05) is 43.0 Å². The third-order valence-corrected chi connectivity index (χ3v) is 4.64. The summed E-state index contributed by atoms with van der Waals surface area (Å²) in [7, 11) is 0. The highest BCUT2D eigenvalue weighted by molar-refractivity contribution is 7.99. The molecule has 1 aromatic heterocycles. The molecule has 0 fully saturated rings. The molecule has 0 atom stereocenters. The van der Waals surface area contributed by atoms with Crippen LogP contribution in [0.1, 0.15) is 12.5 Å². The number of nitro benzene ring substituents is 1. The fraction of sp³-hybridized carbons (Fsp3) is 0.167. The molecule has 0 saturated heterocycles. The fourth-order valence-electron chi connectivity index (χ4n) is 2.33. The van der Waals surface area contributed by atoms with Crippen LogP contribution in [0.4, 0.5) is 11.4 Å². The monoisotopic (exact) mass is 383 g/mol. The van der Waals surface area contributed by atoms with Crippen molar-refractivity contribution in [2.24, 2.45) is 0 Å². The van der Waals surface area contributed by atoms with Crippen LogP contribution in [0.25, 0.3) is 11.4 Å². The lowest BCUT2D eigenvalue weighted by atomic mass is 10.1. The molecule has 0 aliphatic heterocycles. The normalized spacial score (nSPS) is 10.6. The standard InChI is InChI=1S/C18H17N5O3S/c1-2-12-3-5-13(6-4-12)17-20-18(22-21-17)27-11-16(24)19-14-7-9-15(10-8-14)23(25)26/h3-10H,2,11H2,1H3,(H,19,24)(H,20,21,22). The van der Waals surface area contributed by atoms with E-state index < -0.39 is 4.92 Å². The molecule has 2 aromatic carbocycles. The Bertz CT molecular complexity index is 938. The Morgan fingerprint density at radius 3 is 2.52 bits per heavy atom. The molecule has 8 nitrogen and oxygen atoms in total. The zero-order valence-corrected chi connectivity index (χ0v) is 15.3. The van der Waals surface area contributed by atoms with Gasteiger partial charge in [0.05, 0.1) is 10.7 Å². The number of nitrogens with one attached hydrogen (secondary N) is 2. The number of benzene rings is 2. The van der Waals surface area contributed by atoms with Crippen LogP contribution < -0.4 is 5.32 Å². The molecule has 1 heterocycles. The first-order valence-electron chi connectivity index (χ1n) is 8.24. The molecular formula is C18H17N5O3S. The smallest absolute Gasteiger partial charge is 0.269 e. The zero-order valence-electron chi connectivity index (χ0n) is 14.5. The van der Waals surface area contributed by atoms with Gasteiger partial charge in [0.15, 0.2) is 5.82 Å². The summed E-state index contributed by atoms with van der Waals surface area (Å²) in [4.78, 5) is 26.5. The topological polar surface area (TPSA) is 114 Å². The van der Waals surface area contributed by atoms with Gasteiger partial charge in [-0.2, -0.15) is 0 Å². The Kier molecular flexibility index (Phi) is 5.82. The highest BCUT2D eigenvalue weighted by atomic mass is 32.2. The van der Waals surface area contributed by atoms with Crippen LogP contribution in [-0.2, 0) is 11.2 Å². The summed E-state index contributed by atoms with van der Waals surface area (Å²) in [5.74, 6) is 0.534. The lowest BCUT2D eigenvalue weighted by molar-refractivity contribution is -0.384. The number of carbonyl (C=O) groups is 1. The molecule has 0 bridgehead atoms. The first kappa shape index (κ1) is 18.6. The number of nitrogens with zero attached hydrogens (tertiary/aromatic N) is 3. The average Bonchev–Trinajstić information content (AvgIpc) is 3.16. The maximum absolute atomic E-state index is 12.0. The van der Waals surface area contributed by atoms with Crippen molar-refractivity contribution in [3.05, 3.63) is 64.2 Å². The van der Waals surface area contributed by atoms with Crippen molar-refractivity contribution in [1.82, 2.24) is 15.2 Å². The summed E-state index contributed by atoms with van der Waals surface area (Å²) in [5.41, 5.74) is 2.65. The van der Waals surface area contributed by atoms with Gasteiger partial charge >= 0.3 is 0 Å². The fourth-order valence-corrected chi connectivity index (χ4v) is 2.93. The largest absolute Gasteiger partial charge is 0.325 e. The zero-order chi connectivity index (χ0) is 19.2. The van der Waals surface area contributed by atoms with Crippen LogP contribution in [0.2, 0.25) is 0 Å². The maximum atomic E-state index is 12.0. The summed E-state index contributed by atoms with van der Waals surface area (Å²) in [6, 6.07) is 13.7. The summed E-state index contributed by atoms with van der Waals surface area (Å²) < 4.78 is 0. The Labute approximate surface area is 159 Å². The third kappa shape index (κ3) is 4.91. The number of rotatable bonds is 7. The van der Waals surface area contributed by atoms with Crippen LogP contribution >= 0.6 is 11.8 Å². The molecule has 0 saturated carbocycles. The van der Waals surface area contributed by atoms with Crippen molar-refractivity contribution < 1.29 is 9.72 Å². The minimum atomic E-state index is -0.488. The Hall–Kier alpha value is -3.20. The van der Waals surface area contributed by atoms with E-state index in [-0.39, 0.29) is 17.3 Å². The van der Waals surface area contributed by atoms with Gasteiger partial charge in [0.1, 0.15) is 0 Å². The minimum absolute atomic E-state index is 0.0254. The molecule has 0 unspecified atom stereocenters. The SMILES string of the molecule is CCc1ccc(-c2nc(SCC(=O)Nc3ccc([N+](=O)[O-])cc3)n[nH]2)cc1. The van der Waals surface area contributed by atoms with E-state index in [1.165, 1.54) is 41.6 Å². The number of thioether (sulfide) groups is 1. The molecule has 2 N–H and O–H groups in total. The summed E-state index contributed by atoms with van der Waals surface area (Å²) in [5, 5.41) is 20.8. The predicted octanol–water partition coefficient (Wildman–Crippen LogP) is 3.67. The van der Waals surface area contributed by atoms with Gasteiger partial charge in [0.2, 0.25) is 11.1 Å². The van der Waals surface area contributed by atoms with Gasteiger partial charge in [0, 0.05) is 23.4 Å². The van der Waals surface area contributed by atoms with Crippen LogP contribution in [0.5, 0.6) is 0 Å². The number of aromatic nitrogens is 3. The van der Waals surface area contributed by atoms with E-state index in [0.717, 1.165) is 12.0 Å². The molecule has 0 spiro atoms. The van der Waals surface area contributed by atoms with Crippen molar-refractivity contribution in [3.8, 4) is 11.4 Å². The molecule has 1 amide bonds. The van der Waals surface area contributed by atoms with Crippen LogP contribution in [0.3, 0.4) is 0 Å². The number of carbonyl (C=O) groups excluding carboxylic acids is 1. The summed E-state index contributed by atoms with van der Waals surface area (Å²) in [6.45, 7) is 2.10. The van der Waals surface area contributed by atoms with E-state index in [1.807, 2.05) is 24.3 Å². The number of aryl methyl sites for hydroxylation is 1. The molecule has 0 aliphatic carbocycles. The van der Waals surface area contributed by atoms with E-state index in [2.05, 4.69) is 27.4 Å². The number of non-ortho nitro benzene ring substituents is 1. The van der Waals surface area contributed by atoms with Gasteiger partial charge in [-0.3, -0.25) is 20.0 Å². The van der Waals surface area contributed by atoms with E-state index in [0.29, 0.717) is 16.7 Å². The van der Waals surface area contributed by atoms with Gasteiger partial charge in [-0.05, 0) is 24.1 Å². The molecule has 138 valence electrons. The number of hydrogen-bond donors (Lipinski definition) is 2. The molecule has 9 heteroatoms. The average molecular weight is 383 g/mol. The van der Waals surface area contributed by atoms with E-state index in [1.54, 1.807) is 0 Å². The van der Waals surface area contributed by atoms with Gasteiger partial charge < -0.3 is 5.32 Å². The third-order valence-electron chi connectivity index (χ3n) is 3.79. The quantitative estimate of drug-likeness (QED) is 0.365. The highest BCUT2D eigenvalue weighted by Crippen LogP contribution is 2.20. The highest BCUT2D eigenvalue weighted by Gasteiger charge is 2.10. The second-order valence-electron chi connectivity index (χ2n) is 5.66. The maximum Gasteiger partial charge on any atom is 0.269 e. The molecule has 3 aromatic rings. The summed E-state index contributed by atoms with van der Waals surface area (Å²) >= 11 is 1.21. The lowest BCUT2D eigenvalue weighted by Gasteiger charge is -2.03. The van der Waals surface area contributed by atoms with Crippen molar-refractivity contribution in [2.75, 3.05) is 11.1 Å². The number of nitro groups is 1. The minimum Gasteiger partial charge on any atom is -0.325 e. The number of anilines is 1. The first-order valence-corrected chi connectivity index (χ1v) is 9.22. The number of aromatic amines is 1. The van der Waals surface area contributed by atoms with Gasteiger partial charge in [-0.25, -0.2) is 4.98 Å². The Balaban J connectivity index is 1.54. The first-order chi connectivity index (χ1) is 13.0. The van der Waals surface area contributed by atoms with Crippen molar-refractivity contribution >= 4 is 29.0 Å². The lowest BCUT2D eigenvalue weighted by Crippen LogP contribution is -2.14. The summed E-state index contributed by atoms with van der Waals surface area (Å²) in [6.07, 6.45) is 0.974. The molecule has 3 rings (SSSR count). The van der Waals surface area contributed by atoms with E-state index in [4.69, 9.17) is 0 Å². The van der Waals surface area contributed by atoms with Crippen LogP contribution in [0.15, 0.2) is 53.7 Å². The Morgan fingerprint density at radius 2 is 1.89 bits per heavy atom. The predicted molar refractivity (Wildman–Crippen MR) is 104 cm³/mol.